The van der Waals surface area contributed by atoms with Crippen molar-refractivity contribution in [1.82, 2.24) is 4.90 Å². The van der Waals surface area contributed by atoms with Crippen LogP contribution >= 0.6 is 0 Å². The van der Waals surface area contributed by atoms with E-state index in [-0.39, 0.29) is 12.0 Å². The van der Waals surface area contributed by atoms with E-state index in [1.165, 1.54) is 33.5 Å². The van der Waals surface area contributed by atoms with Crippen molar-refractivity contribution in [1.29, 1.82) is 0 Å². The number of piperazine rings is 1. The van der Waals surface area contributed by atoms with Crippen LogP contribution in [0.15, 0.2) is 72.8 Å². The van der Waals surface area contributed by atoms with Crippen LogP contribution in [0, 0.1) is 0 Å². The Morgan fingerprint density at radius 3 is 1.97 bits per heavy atom. The van der Waals surface area contributed by atoms with Gasteiger partial charge in [-0.25, -0.2) is 4.79 Å². The fraction of sp³-hybridized carbons (Fsp3) is 0.321. The Hall–Kier alpha value is -3.27. The number of amides is 1. The van der Waals surface area contributed by atoms with E-state index in [1.807, 2.05) is 4.90 Å². The molecule has 0 saturated carbocycles. The number of hydrogen-bond donors (Lipinski definition) is 0. The summed E-state index contributed by atoms with van der Waals surface area (Å²) in [7, 11) is 0. The molecular formula is C28H30N2O2. The minimum Gasteiger partial charge on any atom is -0.448 e. The van der Waals surface area contributed by atoms with E-state index in [2.05, 4.69) is 91.5 Å². The van der Waals surface area contributed by atoms with Crippen molar-refractivity contribution in [3.8, 4) is 11.1 Å². The molecule has 1 saturated heterocycles. The van der Waals surface area contributed by atoms with Gasteiger partial charge in [-0.3, -0.25) is 0 Å². The van der Waals surface area contributed by atoms with Crippen molar-refractivity contribution in [2.24, 2.45) is 0 Å². The van der Waals surface area contributed by atoms with Crippen molar-refractivity contribution in [2.45, 2.75) is 25.7 Å². The molecule has 1 aliphatic heterocycles. The molecule has 0 atom stereocenters. The van der Waals surface area contributed by atoms with E-state index in [0.29, 0.717) is 25.6 Å². The summed E-state index contributed by atoms with van der Waals surface area (Å²) in [5.41, 5.74) is 7.57. The van der Waals surface area contributed by atoms with E-state index < -0.39 is 0 Å². The quantitative estimate of drug-likeness (QED) is 0.522. The van der Waals surface area contributed by atoms with Crippen LogP contribution in [-0.2, 0) is 4.74 Å². The van der Waals surface area contributed by atoms with E-state index >= 15 is 0 Å². The van der Waals surface area contributed by atoms with Gasteiger partial charge < -0.3 is 14.5 Å². The number of ether oxygens (including phenoxy) is 1. The minimum absolute atomic E-state index is 0.104. The predicted molar refractivity (Wildman–Crippen MR) is 129 cm³/mol. The monoisotopic (exact) mass is 426 g/mol. The third-order valence-corrected chi connectivity index (χ3v) is 6.80. The molecule has 0 bridgehead atoms. The molecule has 32 heavy (non-hydrogen) atoms. The number of rotatable bonds is 4. The highest BCUT2D eigenvalue weighted by atomic mass is 16.6. The van der Waals surface area contributed by atoms with Crippen molar-refractivity contribution in [3.63, 3.8) is 0 Å². The van der Waals surface area contributed by atoms with E-state index in [1.54, 1.807) is 0 Å². The lowest BCUT2D eigenvalue weighted by atomic mass is 9.98. The van der Waals surface area contributed by atoms with Gasteiger partial charge in [0, 0.05) is 37.8 Å². The molecule has 1 fully saturated rings. The molecule has 0 N–H and O–H groups in total. The van der Waals surface area contributed by atoms with Gasteiger partial charge in [-0.05, 0) is 45.9 Å². The van der Waals surface area contributed by atoms with Crippen LogP contribution in [0.1, 0.15) is 42.4 Å². The molecule has 4 heteroatoms. The first-order valence-electron chi connectivity index (χ1n) is 11.6. The van der Waals surface area contributed by atoms with Gasteiger partial charge in [-0.1, -0.05) is 74.5 Å². The minimum atomic E-state index is -0.207. The maximum Gasteiger partial charge on any atom is 0.409 e. The molecule has 1 amide bonds. The highest BCUT2D eigenvalue weighted by molar-refractivity contribution is 5.79. The Balaban J connectivity index is 1.19. The summed E-state index contributed by atoms with van der Waals surface area (Å²) >= 11 is 0. The first-order valence-corrected chi connectivity index (χ1v) is 11.6. The van der Waals surface area contributed by atoms with Gasteiger partial charge in [0.25, 0.3) is 0 Å². The van der Waals surface area contributed by atoms with Crippen LogP contribution in [0.5, 0.6) is 0 Å². The number of anilines is 1. The molecular weight excluding hydrogens is 396 g/mol. The standard InChI is InChI=1S/C28H30N2O2/c1-20(2)21-11-13-22(14-12-21)29-15-17-30(18-16-29)28(31)32-19-27-25-9-5-3-7-23(25)24-8-4-6-10-26(24)27/h3-14,20,27H,15-19H2,1-2H3. The van der Waals surface area contributed by atoms with Crippen LogP contribution in [0.25, 0.3) is 11.1 Å². The molecule has 3 aromatic carbocycles. The lowest BCUT2D eigenvalue weighted by Gasteiger charge is -2.35. The maximum absolute atomic E-state index is 12.8. The van der Waals surface area contributed by atoms with Crippen LogP contribution in [0.4, 0.5) is 10.5 Å². The second-order valence-electron chi connectivity index (χ2n) is 9.02. The molecule has 1 aliphatic carbocycles. The molecule has 164 valence electrons. The topological polar surface area (TPSA) is 32.8 Å². The molecule has 2 aliphatic rings. The molecule has 3 aromatic rings. The predicted octanol–water partition coefficient (Wildman–Crippen LogP) is 5.88. The molecule has 0 unspecified atom stereocenters. The van der Waals surface area contributed by atoms with Gasteiger partial charge in [0.1, 0.15) is 6.61 Å². The zero-order valence-electron chi connectivity index (χ0n) is 18.8. The third-order valence-electron chi connectivity index (χ3n) is 6.80. The van der Waals surface area contributed by atoms with Crippen molar-refractivity contribution in [2.75, 3.05) is 37.7 Å². The number of carbonyl (C=O) groups excluding carboxylic acids is 1. The fourth-order valence-electron chi connectivity index (χ4n) is 4.90. The molecule has 1 heterocycles. The van der Waals surface area contributed by atoms with Crippen molar-refractivity contribution in [3.05, 3.63) is 89.5 Å². The van der Waals surface area contributed by atoms with Gasteiger partial charge >= 0.3 is 6.09 Å². The van der Waals surface area contributed by atoms with Crippen LogP contribution in [0.2, 0.25) is 0 Å². The van der Waals surface area contributed by atoms with Gasteiger partial charge in [-0.2, -0.15) is 0 Å². The summed E-state index contributed by atoms with van der Waals surface area (Å²) < 4.78 is 5.83. The van der Waals surface area contributed by atoms with Gasteiger partial charge in [0.15, 0.2) is 0 Å². The Morgan fingerprint density at radius 2 is 1.41 bits per heavy atom. The second-order valence-corrected chi connectivity index (χ2v) is 9.02. The molecule has 0 spiro atoms. The van der Waals surface area contributed by atoms with Crippen LogP contribution < -0.4 is 4.90 Å². The summed E-state index contributed by atoms with van der Waals surface area (Å²) in [6, 6.07) is 25.7. The summed E-state index contributed by atoms with van der Waals surface area (Å²) in [5.74, 6) is 0.640. The van der Waals surface area contributed by atoms with Crippen LogP contribution in [0.3, 0.4) is 0 Å². The summed E-state index contributed by atoms with van der Waals surface area (Å²) in [4.78, 5) is 17.0. The van der Waals surface area contributed by atoms with Crippen molar-refractivity contribution >= 4 is 11.8 Å². The van der Waals surface area contributed by atoms with E-state index in [0.717, 1.165) is 13.1 Å². The first-order chi connectivity index (χ1) is 15.6. The number of benzene rings is 3. The average molecular weight is 427 g/mol. The fourth-order valence-corrected chi connectivity index (χ4v) is 4.90. The lowest BCUT2D eigenvalue weighted by molar-refractivity contribution is 0.0977. The Morgan fingerprint density at radius 1 is 0.844 bits per heavy atom. The van der Waals surface area contributed by atoms with E-state index in [4.69, 9.17) is 4.74 Å². The third kappa shape index (κ3) is 3.86. The maximum atomic E-state index is 12.8. The first kappa shape index (κ1) is 20.6. The normalized spacial score (nSPS) is 15.6. The summed E-state index contributed by atoms with van der Waals surface area (Å²) in [5, 5.41) is 0. The molecule has 5 rings (SSSR count). The lowest BCUT2D eigenvalue weighted by Crippen LogP contribution is -2.49. The Kier molecular flexibility index (Phi) is 5.60. The Bertz CT molecular complexity index is 1050. The largest absolute Gasteiger partial charge is 0.448 e. The average Bonchev–Trinajstić information content (AvgIpc) is 3.16. The smallest absolute Gasteiger partial charge is 0.409 e. The zero-order valence-corrected chi connectivity index (χ0v) is 18.8. The van der Waals surface area contributed by atoms with Crippen LogP contribution in [-0.4, -0.2) is 43.8 Å². The molecule has 4 nitrogen and oxygen atoms in total. The van der Waals surface area contributed by atoms with Gasteiger partial charge in [0.05, 0.1) is 0 Å². The number of nitrogens with zero attached hydrogens (tertiary/aromatic N) is 2. The van der Waals surface area contributed by atoms with Gasteiger partial charge in [-0.15, -0.1) is 0 Å². The zero-order chi connectivity index (χ0) is 22.1. The second kappa shape index (κ2) is 8.70. The number of carbonyl (C=O) groups is 1. The molecule has 0 radical (unpaired) electrons. The molecule has 0 aromatic heterocycles. The highest BCUT2D eigenvalue weighted by Crippen LogP contribution is 2.44. The Labute approximate surface area is 190 Å². The van der Waals surface area contributed by atoms with Gasteiger partial charge in [0.2, 0.25) is 0 Å². The van der Waals surface area contributed by atoms with Crippen molar-refractivity contribution < 1.29 is 9.53 Å². The van der Waals surface area contributed by atoms with E-state index in [9.17, 15) is 4.79 Å². The SMILES string of the molecule is CC(C)c1ccc(N2CCN(C(=O)OCC3c4ccccc4-c4ccccc43)CC2)cc1. The number of fused-ring (bicyclic) bond motifs is 3. The summed E-state index contributed by atoms with van der Waals surface area (Å²) in [6.45, 7) is 7.82. The highest BCUT2D eigenvalue weighted by Gasteiger charge is 2.30. The number of hydrogen-bond acceptors (Lipinski definition) is 3. The summed E-state index contributed by atoms with van der Waals surface area (Å²) in [6.07, 6.45) is -0.207.